The maximum atomic E-state index is 13.8. The van der Waals surface area contributed by atoms with Crippen LogP contribution in [0.4, 0.5) is 0 Å². The van der Waals surface area contributed by atoms with E-state index in [1.54, 1.807) is 69.3 Å². The molecule has 0 radical (unpaired) electrons. The van der Waals surface area contributed by atoms with Crippen molar-refractivity contribution in [3.05, 3.63) is 101 Å². The number of hydrogen-bond donors (Lipinski definition) is 0. The molecule has 0 saturated heterocycles. The fourth-order valence-corrected chi connectivity index (χ4v) is 5.40. The number of esters is 1. The lowest BCUT2D eigenvalue weighted by atomic mass is 9.95. The van der Waals surface area contributed by atoms with Crippen LogP contribution in [0, 0.1) is 0 Å². The van der Waals surface area contributed by atoms with E-state index in [4.69, 9.17) is 37.4 Å². The molecule has 4 rings (SSSR count). The Balaban J connectivity index is 1.94. The second-order valence-electron chi connectivity index (χ2n) is 8.72. The predicted octanol–water partition coefficient (Wildman–Crippen LogP) is 5.07. The number of halogens is 2. The summed E-state index contributed by atoms with van der Waals surface area (Å²) in [5.74, 6) is 0.416. The summed E-state index contributed by atoms with van der Waals surface area (Å²) in [6.07, 6.45) is 3.00. The summed E-state index contributed by atoms with van der Waals surface area (Å²) >= 11 is 13.4. The lowest BCUT2D eigenvalue weighted by Crippen LogP contribution is -2.40. The fraction of sp³-hybridized carbons (Fsp3) is 0.250. The minimum Gasteiger partial charge on any atom is -0.493 e. The van der Waals surface area contributed by atoms with Crippen LogP contribution in [0.2, 0.25) is 10.0 Å². The smallest absolute Gasteiger partial charge is 0.338 e. The summed E-state index contributed by atoms with van der Waals surface area (Å²) in [6.45, 7) is 9.24. The van der Waals surface area contributed by atoms with E-state index < -0.39 is 12.0 Å². The second kappa shape index (κ2) is 11.6. The highest BCUT2D eigenvalue weighted by molar-refractivity contribution is 7.07. The van der Waals surface area contributed by atoms with Gasteiger partial charge in [-0.3, -0.25) is 9.36 Å². The van der Waals surface area contributed by atoms with Gasteiger partial charge in [-0.2, -0.15) is 0 Å². The molecule has 0 bridgehead atoms. The maximum Gasteiger partial charge on any atom is 0.338 e. The zero-order chi connectivity index (χ0) is 27.6. The Kier molecular flexibility index (Phi) is 8.45. The van der Waals surface area contributed by atoms with Gasteiger partial charge in [-0.05, 0) is 62.2 Å². The van der Waals surface area contributed by atoms with Crippen LogP contribution >= 0.6 is 34.5 Å². The zero-order valence-electron chi connectivity index (χ0n) is 21.3. The highest BCUT2D eigenvalue weighted by Gasteiger charge is 2.34. The maximum absolute atomic E-state index is 13.8. The number of fused-ring (bicyclic) bond motifs is 1. The van der Waals surface area contributed by atoms with E-state index in [1.165, 1.54) is 23.0 Å². The number of hydrogen-bond acceptors (Lipinski definition) is 7. The van der Waals surface area contributed by atoms with E-state index >= 15 is 0 Å². The molecule has 2 aromatic carbocycles. The predicted molar refractivity (Wildman–Crippen MR) is 150 cm³/mol. The lowest BCUT2D eigenvalue weighted by molar-refractivity contribution is -0.143. The standard InChI is InChI=1S/C28H26Cl2N2O5S/c1-6-11-36-21-10-8-18(14-22(21)35-5)25-24(27(34)37-15(2)3)16(4)31-28-32(25)26(33)23(38-28)13-17-7-9-19(29)20(30)12-17/h6-10,12-15,25H,1,11H2,2-5H3/b23-13-. The van der Waals surface area contributed by atoms with Crippen molar-refractivity contribution >= 4 is 46.6 Å². The number of carbonyl (C=O) groups is 1. The number of rotatable bonds is 8. The molecule has 0 aliphatic carbocycles. The Morgan fingerprint density at radius 3 is 2.61 bits per heavy atom. The van der Waals surface area contributed by atoms with Crippen molar-refractivity contribution in [2.75, 3.05) is 13.7 Å². The minimum absolute atomic E-state index is 0.272. The number of benzene rings is 2. The fourth-order valence-electron chi connectivity index (χ4n) is 4.05. The molecular weight excluding hydrogens is 547 g/mol. The Morgan fingerprint density at radius 1 is 1.18 bits per heavy atom. The van der Waals surface area contributed by atoms with Gasteiger partial charge in [-0.1, -0.05) is 59.3 Å². The first-order valence-corrected chi connectivity index (χ1v) is 13.3. The molecule has 1 aliphatic rings. The highest BCUT2D eigenvalue weighted by atomic mass is 35.5. The van der Waals surface area contributed by atoms with E-state index in [9.17, 15) is 9.59 Å². The quantitative estimate of drug-likeness (QED) is 0.278. The van der Waals surface area contributed by atoms with Gasteiger partial charge in [0.25, 0.3) is 5.56 Å². The first-order valence-electron chi connectivity index (χ1n) is 11.7. The molecule has 7 nitrogen and oxygen atoms in total. The Morgan fingerprint density at radius 2 is 1.95 bits per heavy atom. The van der Waals surface area contributed by atoms with E-state index in [1.807, 2.05) is 0 Å². The third-order valence-electron chi connectivity index (χ3n) is 5.69. The van der Waals surface area contributed by atoms with E-state index in [0.717, 1.165) is 0 Å². The van der Waals surface area contributed by atoms with Gasteiger partial charge in [0.1, 0.15) is 6.61 Å². The SMILES string of the molecule is C=CCOc1ccc(C2C(C(=O)OC(C)C)=C(C)N=c3s/c(=C\c4ccc(Cl)c(Cl)c4)c(=O)n32)cc1OC. The number of ether oxygens (including phenoxy) is 3. The van der Waals surface area contributed by atoms with Crippen LogP contribution in [0.3, 0.4) is 0 Å². The van der Waals surface area contributed by atoms with Crippen LogP contribution < -0.4 is 24.4 Å². The van der Waals surface area contributed by atoms with Crippen LogP contribution in [0.5, 0.6) is 11.5 Å². The molecule has 0 fully saturated rings. The molecule has 10 heteroatoms. The summed E-state index contributed by atoms with van der Waals surface area (Å²) in [4.78, 5) is 32.2. The third kappa shape index (κ3) is 5.57. The van der Waals surface area contributed by atoms with Crippen molar-refractivity contribution in [3.8, 4) is 11.5 Å². The third-order valence-corrected chi connectivity index (χ3v) is 7.41. The molecule has 0 spiro atoms. The van der Waals surface area contributed by atoms with Gasteiger partial charge in [0, 0.05) is 0 Å². The van der Waals surface area contributed by atoms with Gasteiger partial charge >= 0.3 is 5.97 Å². The normalized spacial score (nSPS) is 15.2. The van der Waals surface area contributed by atoms with Crippen LogP contribution in [0.25, 0.3) is 6.08 Å². The van der Waals surface area contributed by atoms with Gasteiger partial charge in [0.05, 0.1) is 45.1 Å². The molecular formula is C28H26Cl2N2O5S. The van der Waals surface area contributed by atoms with Crippen molar-refractivity contribution in [2.45, 2.75) is 32.9 Å². The minimum atomic E-state index is -0.796. The zero-order valence-corrected chi connectivity index (χ0v) is 23.6. The summed E-state index contributed by atoms with van der Waals surface area (Å²) in [6, 6.07) is 9.61. The largest absolute Gasteiger partial charge is 0.493 e. The lowest BCUT2D eigenvalue weighted by Gasteiger charge is -2.26. The van der Waals surface area contributed by atoms with Gasteiger partial charge in [0.2, 0.25) is 0 Å². The molecule has 1 aliphatic heterocycles. The Labute approximate surface area is 233 Å². The molecule has 0 amide bonds. The molecule has 2 heterocycles. The van der Waals surface area contributed by atoms with E-state index in [2.05, 4.69) is 11.6 Å². The molecule has 0 N–H and O–H groups in total. The van der Waals surface area contributed by atoms with Crippen LogP contribution in [0.1, 0.15) is 37.9 Å². The first kappa shape index (κ1) is 27.7. The number of nitrogens with zero attached hydrogens (tertiary/aromatic N) is 2. The average Bonchev–Trinajstić information content (AvgIpc) is 3.17. The van der Waals surface area contributed by atoms with Crippen molar-refractivity contribution < 1.29 is 19.0 Å². The number of aromatic nitrogens is 1. The molecule has 1 aromatic heterocycles. The molecule has 0 saturated carbocycles. The second-order valence-corrected chi connectivity index (χ2v) is 10.5. The van der Waals surface area contributed by atoms with Gasteiger partial charge in [-0.15, -0.1) is 0 Å². The van der Waals surface area contributed by atoms with Crippen molar-refractivity contribution in [1.82, 2.24) is 4.57 Å². The van der Waals surface area contributed by atoms with Crippen LogP contribution in [0.15, 0.2) is 70.1 Å². The Hall–Kier alpha value is -3.33. The van der Waals surface area contributed by atoms with E-state index in [0.29, 0.717) is 54.3 Å². The number of thiazole rings is 1. The van der Waals surface area contributed by atoms with Crippen molar-refractivity contribution in [1.29, 1.82) is 0 Å². The van der Waals surface area contributed by atoms with Gasteiger partial charge in [0.15, 0.2) is 16.3 Å². The summed E-state index contributed by atoms with van der Waals surface area (Å²) in [7, 11) is 1.53. The Bertz CT molecular complexity index is 1620. The summed E-state index contributed by atoms with van der Waals surface area (Å²) < 4.78 is 18.7. The number of carbonyl (C=O) groups excluding carboxylic acids is 1. The molecule has 1 atom stereocenters. The topological polar surface area (TPSA) is 79.1 Å². The van der Waals surface area contributed by atoms with Crippen molar-refractivity contribution in [2.24, 2.45) is 4.99 Å². The monoisotopic (exact) mass is 572 g/mol. The van der Waals surface area contributed by atoms with Crippen LogP contribution in [-0.4, -0.2) is 30.4 Å². The molecule has 38 heavy (non-hydrogen) atoms. The number of methoxy groups -OCH3 is 1. The first-order chi connectivity index (χ1) is 18.1. The highest BCUT2D eigenvalue weighted by Crippen LogP contribution is 2.36. The molecule has 198 valence electrons. The molecule has 1 unspecified atom stereocenters. The van der Waals surface area contributed by atoms with Crippen LogP contribution in [-0.2, 0) is 9.53 Å². The average molecular weight is 573 g/mol. The van der Waals surface area contributed by atoms with E-state index in [-0.39, 0.29) is 17.2 Å². The summed E-state index contributed by atoms with van der Waals surface area (Å²) in [5, 5.41) is 0.801. The van der Waals surface area contributed by atoms with Gasteiger partial charge in [-0.25, -0.2) is 9.79 Å². The van der Waals surface area contributed by atoms with Gasteiger partial charge < -0.3 is 14.2 Å². The number of allylic oxidation sites excluding steroid dienone is 1. The van der Waals surface area contributed by atoms with Crippen molar-refractivity contribution in [3.63, 3.8) is 0 Å². The molecule has 3 aromatic rings. The summed E-state index contributed by atoms with van der Waals surface area (Å²) in [5.41, 5.74) is 1.78.